The number of aromatic nitrogens is 2. The van der Waals surface area contributed by atoms with E-state index in [-0.39, 0.29) is 11.5 Å². The van der Waals surface area contributed by atoms with Gasteiger partial charge in [-0.25, -0.2) is 14.4 Å². The average Bonchev–Trinajstić information content (AvgIpc) is 3.49. The lowest BCUT2D eigenvalue weighted by molar-refractivity contribution is -0.139. The Morgan fingerprint density at radius 3 is 2.47 bits per heavy atom. The first kappa shape index (κ1) is 24.4. The van der Waals surface area contributed by atoms with Crippen LogP contribution >= 0.6 is 0 Å². The van der Waals surface area contributed by atoms with Crippen molar-refractivity contribution in [1.82, 2.24) is 19.4 Å². The van der Waals surface area contributed by atoms with Gasteiger partial charge in [0.15, 0.2) is 0 Å². The summed E-state index contributed by atoms with van der Waals surface area (Å²) in [6, 6.07) is 3.11. The van der Waals surface area contributed by atoms with E-state index in [4.69, 9.17) is 4.98 Å². The van der Waals surface area contributed by atoms with Crippen LogP contribution in [0.25, 0.3) is 11.3 Å². The summed E-state index contributed by atoms with van der Waals surface area (Å²) in [6.45, 7) is 10.9. The van der Waals surface area contributed by atoms with E-state index in [1.165, 1.54) is 18.9 Å². The molecular formula is C25H31F4N5. The van der Waals surface area contributed by atoms with Crippen molar-refractivity contribution in [3.63, 3.8) is 0 Å². The normalized spacial score (nSPS) is 18.6. The molecule has 2 aliphatic heterocycles. The molecule has 3 heterocycles. The molecule has 0 amide bonds. The van der Waals surface area contributed by atoms with E-state index in [0.717, 1.165) is 75.9 Å². The van der Waals surface area contributed by atoms with Crippen molar-refractivity contribution in [3.8, 4) is 11.3 Å². The fourth-order valence-corrected chi connectivity index (χ4v) is 4.97. The van der Waals surface area contributed by atoms with Crippen LogP contribution in [0.2, 0.25) is 0 Å². The number of allylic oxidation sites excluding steroid dienone is 1. The van der Waals surface area contributed by atoms with Gasteiger partial charge in [0.05, 0.1) is 11.3 Å². The molecule has 9 heteroatoms. The molecule has 1 aromatic heterocycles. The van der Waals surface area contributed by atoms with Crippen LogP contribution in [0.5, 0.6) is 0 Å². The van der Waals surface area contributed by atoms with Gasteiger partial charge in [-0.15, -0.1) is 0 Å². The zero-order chi connectivity index (χ0) is 24.3. The molecule has 1 aromatic carbocycles. The number of hydrogen-bond donors (Lipinski definition) is 0. The van der Waals surface area contributed by atoms with Crippen LogP contribution in [0, 0.1) is 5.82 Å². The standard InChI is InChI=1S/C25H31F4N5/c1-3-23(30-2)33-12-8-18(9-13-33)24-31-22(17-34(24)15-14-32-10-4-5-11-32)19-6-7-21(26)20(16-19)25(27,28)29/h3,6-7,16-18H,2,4-5,8-15H2,1H3/b23-3+. The molecule has 0 N–H and O–H groups in total. The molecule has 0 saturated carbocycles. The summed E-state index contributed by atoms with van der Waals surface area (Å²) >= 11 is 0. The third-order valence-electron chi connectivity index (χ3n) is 6.84. The van der Waals surface area contributed by atoms with Crippen molar-refractivity contribution in [1.29, 1.82) is 0 Å². The minimum atomic E-state index is -4.75. The summed E-state index contributed by atoms with van der Waals surface area (Å²) in [5.74, 6) is 0.671. The van der Waals surface area contributed by atoms with Gasteiger partial charge < -0.3 is 14.4 Å². The molecule has 2 saturated heterocycles. The van der Waals surface area contributed by atoms with E-state index in [2.05, 4.69) is 26.1 Å². The number of benzene rings is 1. The highest BCUT2D eigenvalue weighted by molar-refractivity contribution is 5.60. The summed E-state index contributed by atoms with van der Waals surface area (Å²) in [6.07, 6.45) is 3.14. The smallest absolute Gasteiger partial charge is 0.357 e. The van der Waals surface area contributed by atoms with Crippen molar-refractivity contribution in [3.05, 3.63) is 53.5 Å². The van der Waals surface area contributed by atoms with Crippen LogP contribution < -0.4 is 0 Å². The van der Waals surface area contributed by atoms with Gasteiger partial charge in [-0.1, -0.05) is 0 Å². The molecule has 0 radical (unpaired) electrons. The Bertz CT molecular complexity index is 1030. The highest BCUT2D eigenvalue weighted by Gasteiger charge is 2.34. The number of likely N-dealkylation sites (tertiary alicyclic amines) is 2. The molecule has 0 atom stereocenters. The lowest BCUT2D eigenvalue weighted by Crippen LogP contribution is -2.33. The SMILES string of the molecule is C=N/C(=C\C)N1CCC(c2nc(-c3ccc(F)c(C(F)(F)F)c3)cn2CCN2CCCC2)CC1. The predicted molar refractivity (Wildman–Crippen MR) is 125 cm³/mol. The second-order valence-corrected chi connectivity index (χ2v) is 8.99. The quantitative estimate of drug-likeness (QED) is 0.388. The fraction of sp³-hybridized carbons (Fsp3) is 0.520. The van der Waals surface area contributed by atoms with Gasteiger partial charge in [0.1, 0.15) is 17.5 Å². The zero-order valence-corrected chi connectivity index (χ0v) is 19.5. The Morgan fingerprint density at radius 1 is 1.15 bits per heavy atom. The maximum Gasteiger partial charge on any atom is 0.419 e. The summed E-state index contributed by atoms with van der Waals surface area (Å²) in [5.41, 5.74) is -0.534. The molecular weight excluding hydrogens is 446 g/mol. The van der Waals surface area contributed by atoms with Gasteiger partial charge in [-0.2, -0.15) is 13.2 Å². The second kappa shape index (κ2) is 10.3. The molecule has 34 heavy (non-hydrogen) atoms. The summed E-state index contributed by atoms with van der Waals surface area (Å²) < 4.78 is 55.8. The average molecular weight is 478 g/mol. The molecule has 4 rings (SSSR count). The minimum absolute atomic E-state index is 0.189. The third kappa shape index (κ3) is 5.35. The number of piperidine rings is 1. The lowest BCUT2D eigenvalue weighted by atomic mass is 9.96. The summed E-state index contributed by atoms with van der Waals surface area (Å²) in [5, 5.41) is 0. The molecule has 2 aliphatic rings. The van der Waals surface area contributed by atoms with Gasteiger partial charge >= 0.3 is 6.18 Å². The van der Waals surface area contributed by atoms with Gasteiger partial charge in [-0.3, -0.25) is 0 Å². The Balaban J connectivity index is 1.61. The van der Waals surface area contributed by atoms with E-state index in [1.54, 1.807) is 0 Å². The topological polar surface area (TPSA) is 36.7 Å². The van der Waals surface area contributed by atoms with Crippen LogP contribution in [0.4, 0.5) is 17.6 Å². The molecule has 0 spiro atoms. The Hall–Kier alpha value is -2.68. The monoisotopic (exact) mass is 477 g/mol. The molecule has 0 aliphatic carbocycles. The van der Waals surface area contributed by atoms with Crippen molar-refractivity contribution in [2.45, 2.75) is 51.2 Å². The second-order valence-electron chi connectivity index (χ2n) is 8.99. The number of halogens is 4. The predicted octanol–water partition coefficient (Wildman–Crippen LogP) is 5.55. The molecule has 2 aromatic rings. The summed E-state index contributed by atoms with van der Waals surface area (Å²) in [7, 11) is 0. The first-order valence-corrected chi connectivity index (χ1v) is 11.8. The van der Waals surface area contributed by atoms with Gasteiger partial charge in [0.25, 0.3) is 0 Å². The zero-order valence-electron chi connectivity index (χ0n) is 19.5. The molecule has 0 unspecified atom stereocenters. The molecule has 2 fully saturated rings. The van der Waals surface area contributed by atoms with Crippen LogP contribution in [0.1, 0.15) is 49.9 Å². The largest absolute Gasteiger partial charge is 0.419 e. The van der Waals surface area contributed by atoms with E-state index >= 15 is 0 Å². The summed E-state index contributed by atoms with van der Waals surface area (Å²) in [4.78, 5) is 13.5. The first-order chi connectivity index (χ1) is 16.3. The van der Waals surface area contributed by atoms with E-state index in [1.807, 2.05) is 19.2 Å². The van der Waals surface area contributed by atoms with Crippen LogP contribution in [0.3, 0.4) is 0 Å². The van der Waals surface area contributed by atoms with E-state index in [0.29, 0.717) is 5.69 Å². The molecule has 5 nitrogen and oxygen atoms in total. The highest BCUT2D eigenvalue weighted by atomic mass is 19.4. The highest BCUT2D eigenvalue weighted by Crippen LogP contribution is 2.36. The Morgan fingerprint density at radius 2 is 1.85 bits per heavy atom. The van der Waals surface area contributed by atoms with Gasteiger partial charge in [-0.05, 0) is 76.7 Å². The van der Waals surface area contributed by atoms with E-state index in [9.17, 15) is 17.6 Å². The third-order valence-corrected chi connectivity index (χ3v) is 6.84. The van der Waals surface area contributed by atoms with Crippen LogP contribution in [-0.4, -0.2) is 58.8 Å². The maximum atomic E-state index is 13.8. The maximum absolute atomic E-state index is 13.8. The number of aliphatic imine (C=N–C) groups is 1. The van der Waals surface area contributed by atoms with Crippen molar-refractivity contribution in [2.75, 3.05) is 32.7 Å². The number of hydrogen-bond acceptors (Lipinski definition) is 4. The van der Waals surface area contributed by atoms with E-state index < -0.39 is 17.6 Å². The number of imidazole rings is 1. The lowest BCUT2D eigenvalue weighted by Gasteiger charge is -2.33. The van der Waals surface area contributed by atoms with Crippen molar-refractivity contribution in [2.24, 2.45) is 4.99 Å². The van der Waals surface area contributed by atoms with Crippen molar-refractivity contribution >= 4 is 6.72 Å². The first-order valence-electron chi connectivity index (χ1n) is 11.8. The minimum Gasteiger partial charge on any atom is -0.357 e. The Kier molecular flexibility index (Phi) is 7.40. The van der Waals surface area contributed by atoms with Crippen LogP contribution in [-0.2, 0) is 12.7 Å². The van der Waals surface area contributed by atoms with Crippen LogP contribution in [0.15, 0.2) is 41.3 Å². The molecule has 184 valence electrons. The Labute approximate surface area is 197 Å². The number of nitrogens with zero attached hydrogens (tertiary/aromatic N) is 5. The van der Waals surface area contributed by atoms with Gasteiger partial charge in [0.2, 0.25) is 0 Å². The fourth-order valence-electron chi connectivity index (χ4n) is 4.97. The number of alkyl halides is 3. The van der Waals surface area contributed by atoms with Crippen molar-refractivity contribution < 1.29 is 17.6 Å². The molecule has 0 bridgehead atoms. The number of rotatable bonds is 7. The van der Waals surface area contributed by atoms with Gasteiger partial charge in [0, 0.05) is 43.9 Å².